The van der Waals surface area contributed by atoms with Crippen LogP contribution in [-0.4, -0.2) is 27.4 Å². The molecule has 0 saturated heterocycles. The summed E-state index contributed by atoms with van der Waals surface area (Å²) in [4.78, 5) is 0.888. The van der Waals surface area contributed by atoms with Gasteiger partial charge in [0.25, 0.3) is 0 Å². The lowest BCUT2D eigenvalue weighted by atomic mass is 10.1. The fourth-order valence-electron chi connectivity index (χ4n) is 1.76. The zero-order valence-electron chi connectivity index (χ0n) is 10.6. The molecule has 0 fully saturated rings. The molecule has 1 N–H and O–H groups in total. The van der Waals surface area contributed by atoms with Crippen LogP contribution in [0.2, 0.25) is 0 Å². The monoisotopic (exact) mass is 278 g/mol. The minimum absolute atomic E-state index is 0.205. The van der Waals surface area contributed by atoms with Crippen molar-refractivity contribution in [2.45, 2.75) is 19.9 Å². The molecule has 2 heterocycles. The topological polar surface area (TPSA) is 71.8 Å². The molecule has 0 aliphatic heterocycles. The number of nitrogens with zero attached hydrogens (tertiary/aromatic N) is 2. The molecular formula is C13H14N2O3S. The van der Waals surface area contributed by atoms with Gasteiger partial charge in [0, 0.05) is 13.8 Å². The molecule has 2 aromatic heterocycles. The molecule has 0 saturated carbocycles. The second-order valence-electron chi connectivity index (χ2n) is 4.03. The van der Waals surface area contributed by atoms with Crippen molar-refractivity contribution in [3.05, 3.63) is 51.8 Å². The van der Waals surface area contributed by atoms with E-state index in [1.54, 1.807) is 26.0 Å². The van der Waals surface area contributed by atoms with Crippen LogP contribution in [0.5, 0.6) is 0 Å². The van der Waals surface area contributed by atoms with Crippen LogP contribution in [0.25, 0.3) is 0 Å². The first-order valence-electron chi connectivity index (χ1n) is 5.74. The lowest BCUT2D eigenvalue weighted by Crippen LogP contribution is -2.32. The number of hydroxylamine groups is 1. The first-order valence-corrected chi connectivity index (χ1v) is 6.62. The predicted molar refractivity (Wildman–Crippen MR) is 74.2 cm³/mol. The number of furan rings is 1. The van der Waals surface area contributed by atoms with Crippen LogP contribution >= 0.6 is 11.3 Å². The third-order valence-corrected chi connectivity index (χ3v) is 3.82. The molecule has 0 spiro atoms. The molecular weight excluding hydrogens is 264 g/mol. The first-order chi connectivity index (χ1) is 9.15. The number of rotatable bonds is 4. The van der Waals surface area contributed by atoms with Crippen molar-refractivity contribution in [2.24, 2.45) is 5.16 Å². The molecule has 5 nitrogen and oxygen atoms in total. The molecule has 0 aliphatic rings. The molecule has 0 aliphatic carbocycles. The molecule has 19 heavy (non-hydrogen) atoms. The Morgan fingerprint density at radius 2 is 2.26 bits per heavy atom. The van der Waals surface area contributed by atoms with E-state index in [9.17, 15) is 5.21 Å². The van der Waals surface area contributed by atoms with E-state index in [0.717, 1.165) is 9.62 Å². The van der Waals surface area contributed by atoms with Crippen molar-refractivity contribution >= 4 is 22.8 Å². The van der Waals surface area contributed by atoms with E-state index in [1.807, 2.05) is 17.5 Å². The van der Waals surface area contributed by atoms with Crippen LogP contribution in [-0.2, 0) is 0 Å². The Hall–Kier alpha value is -2.08. The Morgan fingerprint density at radius 1 is 1.47 bits per heavy atom. The van der Waals surface area contributed by atoms with E-state index in [0.29, 0.717) is 11.5 Å². The number of oxime groups is 1. The van der Waals surface area contributed by atoms with Crippen LogP contribution in [0.1, 0.15) is 24.5 Å². The molecule has 100 valence electrons. The Bertz CT molecular complexity index is 585. The Balaban J connectivity index is 2.33. The highest BCUT2D eigenvalue weighted by molar-refractivity contribution is 7.12. The summed E-state index contributed by atoms with van der Waals surface area (Å²) in [7, 11) is 0. The molecule has 1 unspecified atom stereocenters. The van der Waals surface area contributed by atoms with Crippen LogP contribution in [0, 0.1) is 5.21 Å². The molecule has 2 aromatic rings. The summed E-state index contributed by atoms with van der Waals surface area (Å²) in [6, 6.07) is 6.45. The summed E-state index contributed by atoms with van der Waals surface area (Å²) in [5.74, 6) is 0.384. The Labute approximate surface area is 114 Å². The highest BCUT2D eigenvalue weighted by atomic mass is 32.1. The van der Waals surface area contributed by atoms with Crippen molar-refractivity contribution in [1.82, 2.24) is 0 Å². The van der Waals surface area contributed by atoms with Gasteiger partial charge in [-0.2, -0.15) is 4.74 Å². The maximum atomic E-state index is 12.3. The molecule has 1 atom stereocenters. The van der Waals surface area contributed by atoms with Crippen LogP contribution < -0.4 is 0 Å². The van der Waals surface area contributed by atoms with E-state index < -0.39 is 6.04 Å². The maximum Gasteiger partial charge on any atom is 0.209 e. The summed E-state index contributed by atoms with van der Waals surface area (Å²) in [6.07, 6.45) is 1.47. The number of hydrogen-bond acceptors (Lipinski definition) is 5. The summed E-state index contributed by atoms with van der Waals surface area (Å²) in [5.41, 5.74) is 0.783. The largest absolute Gasteiger partial charge is 0.623 e. The lowest BCUT2D eigenvalue weighted by Gasteiger charge is -2.14. The fraction of sp³-hybridized carbons (Fsp3) is 0.231. The molecule has 2 rings (SSSR count). The predicted octanol–water partition coefficient (Wildman–Crippen LogP) is 2.93. The average molecular weight is 278 g/mol. The molecule has 6 heteroatoms. The normalized spacial score (nSPS) is 15.2. The van der Waals surface area contributed by atoms with Crippen LogP contribution in [0.3, 0.4) is 0 Å². The van der Waals surface area contributed by atoms with Gasteiger partial charge in [-0.05, 0) is 23.6 Å². The van der Waals surface area contributed by atoms with Gasteiger partial charge in [0.1, 0.15) is 0 Å². The third kappa shape index (κ3) is 2.68. The molecule has 0 radical (unpaired) electrons. The van der Waals surface area contributed by atoms with E-state index in [1.165, 1.54) is 17.6 Å². The van der Waals surface area contributed by atoms with Gasteiger partial charge < -0.3 is 14.8 Å². The summed E-state index contributed by atoms with van der Waals surface area (Å²) in [5, 5.41) is 26.5. The van der Waals surface area contributed by atoms with Crippen molar-refractivity contribution < 1.29 is 14.4 Å². The smallest absolute Gasteiger partial charge is 0.209 e. The van der Waals surface area contributed by atoms with Crippen molar-refractivity contribution in [2.75, 3.05) is 0 Å². The number of hydrogen-bond donors (Lipinski definition) is 1. The second-order valence-corrected chi connectivity index (χ2v) is 4.97. The van der Waals surface area contributed by atoms with Gasteiger partial charge in [-0.15, -0.1) is 11.3 Å². The molecule has 0 bridgehead atoms. The zero-order valence-corrected chi connectivity index (χ0v) is 11.4. The van der Waals surface area contributed by atoms with E-state index >= 15 is 0 Å². The standard InChI is InChI=1S/C13H14N2O3S/c1-9(12-6-4-8-19-12)15(17)10(2)13(14-16)11-5-3-7-18-11/h3-8,10,16H,1-2H3/b14-13-,15-9+. The van der Waals surface area contributed by atoms with Gasteiger partial charge in [0.2, 0.25) is 11.8 Å². The van der Waals surface area contributed by atoms with Gasteiger partial charge in [-0.25, -0.2) is 0 Å². The Morgan fingerprint density at radius 3 is 2.79 bits per heavy atom. The van der Waals surface area contributed by atoms with Gasteiger partial charge in [0.05, 0.1) is 11.1 Å². The minimum Gasteiger partial charge on any atom is -0.623 e. The third-order valence-electron chi connectivity index (χ3n) is 2.84. The lowest BCUT2D eigenvalue weighted by molar-refractivity contribution is -0.476. The Kier molecular flexibility index (Phi) is 4.01. The van der Waals surface area contributed by atoms with Gasteiger partial charge in [-0.3, -0.25) is 0 Å². The maximum absolute atomic E-state index is 12.3. The quantitative estimate of drug-likeness (QED) is 0.307. The highest BCUT2D eigenvalue weighted by Gasteiger charge is 2.25. The van der Waals surface area contributed by atoms with Crippen LogP contribution in [0.15, 0.2) is 45.5 Å². The summed E-state index contributed by atoms with van der Waals surface area (Å²) < 4.78 is 5.99. The number of thiophene rings is 1. The second kappa shape index (κ2) is 5.71. The zero-order chi connectivity index (χ0) is 13.8. The SMILES string of the molecule is C/C(c1cccs1)=[N+](\[O-])C(C)/C(=N/O)c1ccco1. The fourth-order valence-corrected chi connectivity index (χ4v) is 2.48. The van der Waals surface area contributed by atoms with E-state index in [2.05, 4.69) is 5.16 Å². The minimum atomic E-state index is -0.641. The first kappa shape index (κ1) is 13.4. The van der Waals surface area contributed by atoms with E-state index in [-0.39, 0.29) is 5.71 Å². The van der Waals surface area contributed by atoms with Crippen molar-refractivity contribution in [3.63, 3.8) is 0 Å². The van der Waals surface area contributed by atoms with Gasteiger partial charge in [0.15, 0.2) is 11.5 Å². The van der Waals surface area contributed by atoms with Gasteiger partial charge in [-0.1, -0.05) is 11.2 Å². The summed E-state index contributed by atoms with van der Waals surface area (Å²) >= 11 is 1.49. The highest BCUT2D eigenvalue weighted by Crippen LogP contribution is 2.13. The molecule has 0 amide bonds. The van der Waals surface area contributed by atoms with E-state index in [4.69, 9.17) is 9.62 Å². The van der Waals surface area contributed by atoms with Crippen LogP contribution in [0.4, 0.5) is 0 Å². The summed E-state index contributed by atoms with van der Waals surface area (Å²) in [6.45, 7) is 3.41. The van der Waals surface area contributed by atoms with Gasteiger partial charge >= 0.3 is 0 Å². The van der Waals surface area contributed by atoms with Crippen molar-refractivity contribution in [1.29, 1.82) is 0 Å². The van der Waals surface area contributed by atoms with Crippen molar-refractivity contribution in [3.8, 4) is 0 Å². The molecule has 0 aromatic carbocycles. The average Bonchev–Trinajstić information content (AvgIpc) is 3.10.